The summed E-state index contributed by atoms with van der Waals surface area (Å²) in [6, 6.07) is 14.7. The molecule has 0 spiro atoms. The van der Waals surface area contributed by atoms with Gasteiger partial charge in [0.15, 0.2) is 0 Å². The van der Waals surface area contributed by atoms with Crippen LogP contribution in [0.5, 0.6) is 0 Å². The minimum Gasteiger partial charge on any atom is -0.372 e. The van der Waals surface area contributed by atoms with Crippen molar-refractivity contribution in [2.45, 2.75) is 39.8 Å². The molecule has 1 atom stereocenters. The van der Waals surface area contributed by atoms with Crippen LogP contribution in [0.3, 0.4) is 0 Å². The topological polar surface area (TPSA) is 15.6 Å². The number of fused-ring (bicyclic) bond motifs is 2. The van der Waals surface area contributed by atoms with E-state index in [-0.39, 0.29) is 0 Å². The molecule has 0 N–H and O–H groups in total. The van der Waals surface area contributed by atoms with E-state index < -0.39 is 8.07 Å². The molecule has 1 aliphatic rings. The van der Waals surface area contributed by atoms with E-state index in [2.05, 4.69) is 75.2 Å². The lowest BCUT2D eigenvalue weighted by molar-refractivity contribution is 0.867. The molecule has 2 aromatic carbocycles. The van der Waals surface area contributed by atoms with Gasteiger partial charge in [0.1, 0.15) is 8.07 Å². The second-order valence-electron chi connectivity index (χ2n) is 6.92. The van der Waals surface area contributed by atoms with Crippen molar-refractivity contribution < 1.29 is 0 Å². The molecule has 0 fully saturated rings. The Kier molecular flexibility index (Phi) is 4.64. The summed E-state index contributed by atoms with van der Waals surface area (Å²) in [5, 5.41) is 5.21. The molecule has 0 amide bonds. The Balaban J connectivity index is 2.27. The molecule has 0 bridgehead atoms. The Labute approximate surface area is 146 Å². The van der Waals surface area contributed by atoms with Crippen LogP contribution in [0.1, 0.15) is 27.2 Å². The fraction of sp³-hybridized carbons (Fsp3) is 0.381. The van der Waals surface area contributed by atoms with E-state index >= 15 is 0 Å². The number of nitrogens with zero attached hydrogens (tertiary/aromatic N) is 2. The molecule has 126 valence electrons. The van der Waals surface area contributed by atoms with Gasteiger partial charge in [0, 0.05) is 18.8 Å². The van der Waals surface area contributed by atoms with Crippen LogP contribution < -0.4 is 25.8 Å². The van der Waals surface area contributed by atoms with Crippen LogP contribution in [-0.2, 0) is 0 Å². The van der Waals surface area contributed by atoms with Crippen LogP contribution in [0.15, 0.2) is 41.4 Å². The molecule has 0 radical (unpaired) electrons. The molecule has 0 saturated heterocycles. The number of benzene rings is 2. The standard InChI is InChI=1S/C21H28N2Si/c1-6-13-24(5)20-14-16(4)9-11-18(20)22-19-12-10-17(15-21(19)24)23(7-2)8-3/h9-12,14-15H,4,6-8,13H2,1-3,5H3. The summed E-state index contributed by atoms with van der Waals surface area (Å²) in [6.45, 7) is 15.5. The maximum atomic E-state index is 4.97. The highest BCUT2D eigenvalue weighted by molar-refractivity contribution is 7.02. The highest BCUT2D eigenvalue weighted by atomic mass is 28.3. The van der Waals surface area contributed by atoms with Crippen molar-refractivity contribution >= 4 is 36.4 Å². The van der Waals surface area contributed by atoms with Crippen molar-refractivity contribution in [2.24, 2.45) is 4.99 Å². The summed E-state index contributed by atoms with van der Waals surface area (Å²) in [6.07, 6.45) is 1.21. The van der Waals surface area contributed by atoms with Gasteiger partial charge in [-0.1, -0.05) is 38.6 Å². The zero-order chi connectivity index (χ0) is 17.3. The lowest BCUT2D eigenvalue weighted by Gasteiger charge is -2.34. The summed E-state index contributed by atoms with van der Waals surface area (Å²) < 4.78 is 0. The van der Waals surface area contributed by atoms with Gasteiger partial charge in [-0.15, -0.1) is 0 Å². The molecule has 2 nitrogen and oxygen atoms in total. The van der Waals surface area contributed by atoms with Gasteiger partial charge in [-0.05, 0) is 59.7 Å². The van der Waals surface area contributed by atoms with E-state index in [1.807, 2.05) is 0 Å². The third-order valence-electron chi connectivity index (χ3n) is 5.35. The molecule has 0 aliphatic carbocycles. The zero-order valence-electron chi connectivity index (χ0n) is 15.4. The molecule has 1 heterocycles. The van der Waals surface area contributed by atoms with Gasteiger partial charge in [-0.2, -0.15) is 0 Å². The summed E-state index contributed by atoms with van der Waals surface area (Å²) in [7, 11) is -1.77. The van der Waals surface area contributed by atoms with E-state index in [1.54, 1.807) is 0 Å². The Bertz CT molecular complexity index is 855. The van der Waals surface area contributed by atoms with Gasteiger partial charge in [0.2, 0.25) is 0 Å². The van der Waals surface area contributed by atoms with Gasteiger partial charge in [0.05, 0.1) is 11.0 Å². The largest absolute Gasteiger partial charge is 0.372 e. The summed E-state index contributed by atoms with van der Waals surface area (Å²) in [5.74, 6) is 0. The summed E-state index contributed by atoms with van der Waals surface area (Å²) >= 11 is 0. The fourth-order valence-corrected chi connectivity index (χ4v) is 8.22. The van der Waals surface area contributed by atoms with E-state index in [1.165, 1.54) is 34.2 Å². The average molecular weight is 337 g/mol. The summed E-state index contributed by atoms with van der Waals surface area (Å²) in [4.78, 5) is 7.39. The summed E-state index contributed by atoms with van der Waals surface area (Å²) in [5.41, 5.74) is 2.51. The van der Waals surface area contributed by atoms with E-state index in [4.69, 9.17) is 4.99 Å². The van der Waals surface area contributed by atoms with Crippen molar-refractivity contribution in [1.82, 2.24) is 0 Å². The van der Waals surface area contributed by atoms with Crippen molar-refractivity contribution in [2.75, 3.05) is 18.0 Å². The van der Waals surface area contributed by atoms with E-state index in [0.29, 0.717) is 0 Å². The minimum atomic E-state index is -1.77. The first kappa shape index (κ1) is 17.0. The van der Waals surface area contributed by atoms with Crippen LogP contribution in [0, 0.1) is 0 Å². The monoisotopic (exact) mass is 336 g/mol. The molecular weight excluding hydrogens is 308 g/mol. The Hall–Kier alpha value is -1.87. The molecule has 24 heavy (non-hydrogen) atoms. The molecule has 2 aromatic rings. The van der Waals surface area contributed by atoms with E-state index in [9.17, 15) is 0 Å². The van der Waals surface area contributed by atoms with Crippen LogP contribution >= 0.6 is 0 Å². The third kappa shape index (κ3) is 2.71. The number of hydrogen-bond donors (Lipinski definition) is 0. The van der Waals surface area contributed by atoms with Gasteiger partial charge in [-0.25, -0.2) is 4.99 Å². The normalized spacial score (nSPS) is 18.5. The Morgan fingerprint density at radius 1 is 1.00 bits per heavy atom. The first-order valence-corrected chi connectivity index (χ1v) is 11.8. The SMILES string of the molecule is C=c1ccc2c(c1)[Si](C)(CCC)c1cc(N(CC)CC)ccc1N=2. The number of hydrogen-bond acceptors (Lipinski definition) is 2. The molecule has 1 aliphatic heterocycles. The van der Waals surface area contributed by atoms with Crippen LogP contribution in [-0.4, -0.2) is 21.2 Å². The number of rotatable bonds is 5. The van der Waals surface area contributed by atoms with Crippen molar-refractivity contribution in [3.8, 4) is 0 Å². The molecule has 3 rings (SSSR count). The van der Waals surface area contributed by atoms with Crippen LogP contribution in [0.25, 0.3) is 6.58 Å². The van der Waals surface area contributed by atoms with Crippen molar-refractivity contribution in [3.63, 3.8) is 0 Å². The Morgan fingerprint density at radius 2 is 1.75 bits per heavy atom. The van der Waals surface area contributed by atoms with E-state index in [0.717, 1.165) is 23.7 Å². The van der Waals surface area contributed by atoms with Crippen LogP contribution in [0.2, 0.25) is 12.6 Å². The fourth-order valence-electron chi connectivity index (χ4n) is 4.02. The molecule has 3 heteroatoms. The van der Waals surface area contributed by atoms with Gasteiger partial charge >= 0.3 is 0 Å². The van der Waals surface area contributed by atoms with Crippen molar-refractivity contribution in [1.29, 1.82) is 0 Å². The second-order valence-corrected chi connectivity index (χ2v) is 11.2. The lowest BCUT2D eigenvalue weighted by atomic mass is 10.2. The lowest BCUT2D eigenvalue weighted by Crippen LogP contribution is -2.63. The van der Waals surface area contributed by atoms with Gasteiger partial charge in [-0.3, -0.25) is 0 Å². The predicted molar refractivity (Wildman–Crippen MR) is 108 cm³/mol. The Morgan fingerprint density at radius 3 is 2.42 bits per heavy atom. The van der Waals surface area contributed by atoms with Crippen LogP contribution in [0.4, 0.5) is 11.4 Å². The molecule has 0 aromatic heterocycles. The predicted octanol–water partition coefficient (Wildman–Crippen LogP) is 2.81. The van der Waals surface area contributed by atoms with Gasteiger partial charge in [0.25, 0.3) is 0 Å². The van der Waals surface area contributed by atoms with Crippen molar-refractivity contribution in [3.05, 3.63) is 47.0 Å². The maximum Gasteiger partial charge on any atom is 0.120 e. The quantitative estimate of drug-likeness (QED) is 0.767. The molecular formula is C21H28N2Si. The average Bonchev–Trinajstić information content (AvgIpc) is 2.58. The first-order chi connectivity index (χ1) is 11.5. The highest BCUT2D eigenvalue weighted by Crippen LogP contribution is 2.25. The number of anilines is 1. The molecule has 0 saturated carbocycles. The maximum absolute atomic E-state index is 4.97. The first-order valence-electron chi connectivity index (χ1n) is 9.11. The second kappa shape index (κ2) is 6.56. The smallest absolute Gasteiger partial charge is 0.120 e. The highest BCUT2D eigenvalue weighted by Gasteiger charge is 2.37. The molecule has 1 unspecified atom stereocenters. The van der Waals surface area contributed by atoms with Gasteiger partial charge < -0.3 is 4.90 Å². The zero-order valence-corrected chi connectivity index (χ0v) is 16.4. The third-order valence-corrected chi connectivity index (χ3v) is 10.0. The minimum absolute atomic E-state index is 1.04.